The van der Waals surface area contributed by atoms with Crippen molar-refractivity contribution in [3.8, 4) is 12.3 Å². The van der Waals surface area contributed by atoms with Crippen LogP contribution in [0.3, 0.4) is 0 Å². The Balaban J connectivity index is 2.28. The van der Waals surface area contributed by atoms with Crippen LogP contribution in [0.5, 0.6) is 0 Å². The second-order valence-electron chi connectivity index (χ2n) is 3.94. The van der Waals surface area contributed by atoms with E-state index in [-0.39, 0.29) is 6.04 Å². The van der Waals surface area contributed by atoms with Gasteiger partial charge in [-0.15, -0.1) is 6.42 Å². The van der Waals surface area contributed by atoms with E-state index in [1.807, 2.05) is 0 Å². The highest BCUT2D eigenvalue weighted by molar-refractivity contribution is 4.99. The zero-order valence-corrected chi connectivity index (χ0v) is 8.34. The smallest absolute Gasteiger partial charge is 0.0772 e. The van der Waals surface area contributed by atoms with Crippen LogP contribution in [0.4, 0.5) is 0 Å². The van der Waals surface area contributed by atoms with Crippen molar-refractivity contribution in [2.75, 3.05) is 6.54 Å². The number of hydrogen-bond donors (Lipinski definition) is 2. The maximum absolute atomic E-state index is 10.0. The summed E-state index contributed by atoms with van der Waals surface area (Å²) < 4.78 is 0. The van der Waals surface area contributed by atoms with Gasteiger partial charge in [-0.05, 0) is 19.3 Å². The molecule has 0 saturated heterocycles. The lowest BCUT2D eigenvalue weighted by atomic mass is 10.0. The van der Waals surface area contributed by atoms with E-state index in [2.05, 4.69) is 18.2 Å². The van der Waals surface area contributed by atoms with Gasteiger partial charge in [0.25, 0.3) is 0 Å². The van der Waals surface area contributed by atoms with Crippen molar-refractivity contribution in [2.24, 2.45) is 0 Å². The number of aliphatic hydroxyl groups is 1. The van der Waals surface area contributed by atoms with Gasteiger partial charge in [0.1, 0.15) is 0 Å². The van der Waals surface area contributed by atoms with Gasteiger partial charge in [-0.1, -0.05) is 25.7 Å². The zero-order valence-electron chi connectivity index (χ0n) is 8.34. The van der Waals surface area contributed by atoms with Crippen LogP contribution >= 0.6 is 0 Å². The highest BCUT2D eigenvalue weighted by Gasteiger charge is 2.30. The lowest BCUT2D eigenvalue weighted by Gasteiger charge is -2.24. The fraction of sp³-hybridized carbons (Fsp3) is 0.818. The van der Waals surface area contributed by atoms with Gasteiger partial charge < -0.3 is 10.4 Å². The molecule has 1 rings (SSSR count). The van der Waals surface area contributed by atoms with Gasteiger partial charge in [0.05, 0.1) is 11.6 Å². The molecule has 0 spiro atoms. The van der Waals surface area contributed by atoms with Crippen molar-refractivity contribution < 1.29 is 5.11 Å². The van der Waals surface area contributed by atoms with Gasteiger partial charge in [0.2, 0.25) is 0 Å². The van der Waals surface area contributed by atoms with E-state index in [1.54, 1.807) is 0 Å². The fourth-order valence-corrected chi connectivity index (χ4v) is 1.84. The summed E-state index contributed by atoms with van der Waals surface area (Å²) in [5.41, 5.74) is -0.482. The maximum Gasteiger partial charge on any atom is 0.0772 e. The van der Waals surface area contributed by atoms with Crippen LogP contribution < -0.4 is 5.32 Å². The lowest BCUT2D eigenvalue weighted by Crippen LogP contribution is -2.42. The molecule has 0 heterocycles. The van der Waals surface area contributed by atoms with Crippen molar-refractivity contribution in [3.05, 3.63) is 0 Å². The maximum atomic E-state index is 10.0. The average molecular weight is 181 g/mol. The van der Waals surface area contributed by atoms with Crippen molar-refractivity contribution in [1.29, 1.82) is 0 Å². The summed E-state index contributed by atoms with van der Waals surface area (Å²) in [6, 6.07) is 0.115. The first-order chi connectivity index (χ1) is 6.20. The Kier molecular flexibility index (Phi) is 3.77. The minimum absolute atomic E-state index is 0.115. The molecule has 2 nitrogen and oxygen atoms in total. The van der Waals surface area contributed by atoms with Gasteiger partial charge in [-0.2, -0.15) is 0 Å². The summed E-state index contributed by atoms with van der Waals surface area (Å²) in [5, 5.41) is 13.2. The summed E-state index contributed by atoms with van der Waals surface area (Å²) >= 11 is 0. The first-order valence-electron chi connectivity index (χ1n) is 5.12. The van der Waals surface area contributed by atoms with Gasteiger partial charge in [0.15, 0.2) is 0 Å². The Morgan fingerprint density at radius 2 is 2.15 bits per heavy atom. The van der Waals surface area contributed by atoms with Gasteiger partial charge in [0, 0.05) is 6.54 Å². The van der Waals surface area contributed by atoms with Crippen LogP contribution in [0.1, 0.15) is 39.0 Å². The van der Waals surface area contributed by atoms with Crippen molar-refractivity contribution in [1.82, 2.24) is 5.32 Å². The number of rotatable bonds is 4. The minimum atomic E-state index is -0.482. The predicted octanol–water partition coefficient (Wildman–Crippen LogP) is 1.29. The third kappa shape index (κ3) is 3.02. The average Bonchev–Trinajstić information content (AvgIpc) is 2.55. The minimum Gasteiger partial charge on any atom is -0.389 e. The molecule has 1 saturated carbocycles. The number of terminal acetylenes is 1. The molecule has 1 unspecified atom stereocenters. The van der Waals surface area contributed by atoms with Gasteiger partial charge in [-0.25, -0.2) is 0 Å². The molecule has 0 aromatic rings. The van der Waals surface area contributed by atoms with Crippen LogP contribution in [-0.4, -0.2) is 23.3 Å². The highest BCUT2D eigenvalue weighted by atomic mass is 16.3. The molecular formula is C11H19NO. The Bertz CT molecular complexity index is 189. The zero-order chi connectivity index (χ0) is 9.73. The largest absolute Gasteiger partial charge is 0.389 e. The quantitative estimate of drug-likeness (QED) is 0.641. The fourth-order valence-electron chi connectivity index (χ4n) is 1.84. The van der Waals surface area contributed by atoms with E-state index < -0.39 is 5.60 Å². The van der Waals surface area contributed by atoms with Crippen LogP contribution in [0.25, 0.3) is 0 Å². The summed E-state index contributed by atoms with van der Waals surface area (Å²) in [5.74, 6) is 2.67. The van der Waals surface area contributed by atoms with Crippen LogP contribution in [-0.2, 0) is 0 Å². The first kappa shape index (κ1) is 10.6. The Labute approximate surface area is 80.7 Å². The van der Waals surface area contributed by atoms with Crippen molar-refractivity contribution >= 4 is 0 Å². The molecule has 1 aliphatic carbocycles. The molecule has 0 bridgehead atoms. The lowest BCUT2D eigenvalue weighted by molar-refractivity contribution is 0.0463. The Morgan fingerprint density at radius 3 is 2.62 bits per heavy atom. The molecule has 13 heavy (non-hydrogen) atoms. The summed E-state index contributed by atoms with van der Waals surface area (Å²) in [6.07, 6.45) is 10.4. The molecule has 0 aliphatic heterocycles. The molecule has 0 radical (unpaired) electrons. The molecular weight excluding hydrogens is 162 g/mol. The van der Waals surface area contributed by atoms with E-state index >= 15 is 0 Å². The van der Waals surface area contributed by atoms with Crippen molar-refractivity contribution in [2.45, 2.75) is 50.7 Å². The predicted molar refractivity (Wildman–Crippen MR) is 54.3 cm³/mol. The van der Waals surface area contributed by atoms with Gasteiger partial charge in [-0.3, -0.25) is 0 Å². The first-order valence-corrected chi connectivity index (χ1v) is 5.12. The SMILES string of the molecule is C#CC(CC)NCC1(O)CCCC1. The third-order valence-electron chi connectivity index (χ3n) is 2.82. The van der Waals surface area contributed by atoms with E-state index in [0.29, 0.717) is 6.54 Å². The van der Waals surface area contributed by atoms with Crippen LogP contribution in [0.15, 0.2) is 0 Å². The summed E-state index contributed by atoms with van der Waals surface area (Å²) in [4.78, 5) is 0. The van der Waals surface area contributed by atoms with Crippen LogP contribution in [0.2, 0.25) is 0 Å². The molecule has 74 valence electrons. The monoisotopic (exact) mass is 181 g/mol. The molecule has 1 fully saturated rings. The second kappa shape index (κ2) is 4.64. The second-order valence-corrected chi connectivity index (χ2v) is 3.94. The van der Waals surface area contributed by atoms with E-state index in [1.165, 1.54) is 0 Å². The molecule has 2 N–H and O–H groups in total. The third-order valence-corrected chi connectivity index (χ3v) is 2.82. The molecule has 0 aromatic carbocycles. The molecule has 0 aromatic heterocycles. The summed E-state index contributed by atoms with van der Waals surface area (Å²) in [6.45, 7) is 2.70. The number of hydrogen-bond acceptors (Lipinski definition) is 2. The Hall–Kier alpha value is -0.520. The number of nitrogens with one attached hydrogen (secondary N) is 1. The van der Waals surface area contributed by atoms with E-state index in [0.717, 1.165) is 32.1 Å². The van der Waals surface area contributed by atoms with Crippen molar-refractivity contribution in [3.63, 3.8) is 0 Å². The van der Waals surface area contributed by atoms with E-state index in [9.17, 15) is 5.11 Å². The highest BCUT2D eigenvalue weighted by Crippen LogP contribution is 2.28. The topological polar surface area (TPSA) is 32.3 Å². The standard InChI is InChI=1S/C11H19NO/c1-3-10(4-2)12-9-11(13)7-5-6-8-11/h1,10,12-13H,4-9H2,2H3. The molecule has 0 amide bonds. The molecule has 1 aliphatic rings. The normalized spacial score (nSPS) is 22.5. The Morgan fingerprint density at radius 1 is 1.54 bits per heavy atom. The van der Waals surface area contributed by atoms with E-state index in [4.69, 9.17) is 6.42 Å². The van der Waals surface area contributed by atoms with Gasteiger partial charge >= 0.3 is 0 Å². The summed E-state index contributed by atoms with van der Waals surface area (Å²) in [7, 11) is 0. The molecule has 2 heteroatoms. The van der Waals surface area contributed by atoms with Crippen LogP contribution in [0, 0.1) is 12.3 Å². The molecule has 1 atom stereocenters.